The lowest BCUT2D eigenvalue weighted by Crippen LogP contribution is -2.26. The van der Waals surface area contributed by atoms with Crippen LogP contribution in [-0.4, -0.2) is 24.3 Å². The maximum absolute atomic E-state index is 12.7. The van der Waals surface area contributed by atoms with Gasteiger partial charge in [0.2, 0.25) is 11.7 Å². The van der Waals surface area contributed by atoms with E-state index in [0.29, 0.717) is 27.4 Å². The first-order valence-corrected chi connectivity index (χ1v) is 9.11. The Bertz CT molecular complexity index is 853. The second-order valence-corrected chi connectivity index (χ2v) is 7.25. The molecule has 1 aliphatic rings. The summed E-state index contributed by atoms with van der Waals surface area (Å²) in [6.07, 6.45) is 0.120. The molecule has 0 saturated heterocycles. The second-order valence-electron chi connectivity index (χ2n) is 5.96. The van der Waals surface area contributed by atoms with Gasteiger partial charge in [-0.15, -0.1) is 0 Å². The van der Waals surface area contributed by atoms with E-state index in [1.165, 1.54) is 0 Å². The van der Waals surface area contributed by atoms with Crippen LogP contribution in [0.2, 0.25) is 5.02 Å². The molecule has 1 atom stereocenters. The summed E-state index contributed by atoms with van der Waals surface area (Å²) < 4.78 is 6.48. The Hall–Kier alpha value is -1.85. The lowest BCUT2D eigenvalue weighted by molar-refractivity contribution is -0.116. The standard InChI is InChI=1S/C19H17BrClNO3/c1-11(25-18-6-4-15(21)10-16(18)20)19(24)14-3-5-17-13(9-14)7-8-22(17)12(2)23/h3-6,9-11H,7-8H2,1-2H3. The number of hydrogen-bond donors (Lipinski definition) is 0. The van der Waals surface area contributed by atoms with Crippen molar-refractivity contribution in [3.05, 3.63) is 57.0 Å². The summed E-state index contributed by atoms with van der Waals surface area (Å²) >= 11 is 9.30. The minimum absolute atomic E-state index is 0.0158. The van der Waals surface area contributed by atoms with Gasteiger partial charge in [-0.25, -0.2) is 0 Å². The zero-order chi connectivity index (χ0) is 18.1. The van der Waals surface area contributed by atoms with Gasteiger partial charge in [-0.1, -0.05) is 11.6 Å². The van der Waals surface area contributed by atoms with E-state index in [1.807, 2.05) is 12.1 Å². The molecule has 2 aromatic carbocycles. The Morgan fingerprint density at radius 3 is 2.68 bits per heavy atom. The normalized spacial score (nSPS) is 14.2. The molecule has 0 spiro atoms. The lowest BCUT2D eigenvalue weighted by atomic mass is 10.0. The van der Waals surface area contributed by atoms with Gasteiger partial charge in [0, 0.05) is 29.7 Å². The molecule has 1 heterocycles. The van der Waals surface area contributed by atoms with Gasteiger partial charge in [-0.2, -0.15) is 0 Å². The molecular formula is C19H17BrClNO3. The average Bonchev–Trinajstić information content (AvgIpc) is 3.00. The number of carbonyl (C=O) groups excluding carboxylic acids is 2. The number of carbonyl (C=O) groups is 2. The van der Waals surface area contributed by atoms with Gasteiger partial charge in [-0.05, 0) is 71.2 Å². The molecule has 0 aliphatic carbocycles. The molecule has 2 aromatic rings. The fourth-order valence-electron chi connectivity index (χ4n) is 2.93. The Morgan fingerprint density at radius 1 is 1.24 bits per heavy atom. The van der Waals surface area contributed by atoms with Crippen molar-refractivity contribution in [2.75, 3.05) is 11.4 Å². The Kier molecular flexibility index (Phi) is 5.16. The molecule has 3 rings (SSSR count). The highest BCUT2D eigenvalue weighted by Crippen LogP contribution is 2.31. The monoisotopic (exact) mass is 421 g/mol. The number of fused-ring (bicyclic) bond motifs is 1. The van der Waals surface area contributed by atoms with E-state index < -0.39 is 6.10 Å². The summed E-state index contributed by atoms with van der Waals surface area (Å²) in [5.74, 6) is 0.474. The van der Waals surface area contributed by atoms with Crippen LogP contribution >= 0.6 is 27.5 Å². The molecular weight excluding hydrogens is 406 g/mol. The molecule has 1 aliphatic heterocycles. The van der Waals surface area contributed by atoms with E-state index in [2.05, 4.69) is 15.9 Å². The van der Waals surface area contributed by atoms with E-state index in [0.717, 1.165) is 17.7 Å². The van der Waals surface area contributed by atoms with Crippen LogP contribution in [0.3, 0.4) is 0 Å². The highest BCUT2D eigenvalue weighted by Gasteiger charge is 2.25. The first kappa shape index (κ1) is 18.0. The van der Waals surface area contributed by atoms with Gasteiger partial charge < -0.3 is 9.64 Å². The van der Waals surface area contributed by atoms with Crippen molar-refractivity contribution >= 4 is 44.9 Å². The number of Topliss-reactive ketones (excluding diaryl/α,β-unsaturated/α-hetero) is 1. The van der Waals surface area contributed by atoms with E-state index in [4.69, 9.17) is 16.3 Å². The van der Waals surface area contributed by atoms with Crippen LogP contribution in [0.5, 0.6) is 5.75 Å². The number of benzene rings is 2. The second kappa shape index (κ2) is 7.18. The van der Waals surface area contributed by atoms with Crippen molar-refractivity contribution in [1.29, 1.82) is 0 Å². The molecule has 6 heteroatoms. The summed E-state index contributed by atoms with van der Waals surface area (Å²) in [6, 6.07) is 10.6. The fraction of sp³-hybridized carbons (Fsp3) is 0.263. The molecule has 0 fully saturated rings. The van der Waals surface area contributed by atoms with Crippen LogP contribution in [0.25, 0.3) is 0 Å². The quantitative estimate of drug-likeness (QED) is 0.673. The van der Waals surface area contributed by atoms with Crippen molar-refractivity contribution in [2.45, 2.75) is 26.4 Å². The number of nitrogens with zero attached hydrogens (tertiary/aromatic N) is 1. The third-order valence-electron chi connectivity index (χ3n) is 4.21. The molecule has 130 valence electrons. The molecule has 0 saturated carbocycles. The Morgan fingerprint density at radius 2 is 2.00 bits per heavy atom. The summed E-state index contributed by atoms with van der Waals surface area (Å²) in [5, 5.41) is 0.590. The number of ether oxygens (including phenoxy) is 1. The van der Waals surface area contributed by atoms with Gasteiger partial charge in [0.25, 0.3) is 0 Å². The maximum atomic E-state index is 12.7. The van der Waals surface area contributed by atoms with Crippen LogP contribution in [0.1, 0.15) is 29.8 Å². The molecule has 1 unspecified atom stereocenters. The van der Waals surface area contributed by atoms with E-state index in [-0.39, 0.29) is 11.7 Å². The van der Waals surface area contributed by atoms with Crippen LogP contribution in [-0.2, 0) is 11.2 Å². The molecule has 0 N–H and O–H groups in total. The molecule has 0 aromatic heterocycles. The summed E-state index contributed by atoms with van der Waals surface area (Å²) in [4.78, 5) is 26.0. The molecule has 1 amide bonds. The number of anilines is 1. The molecule has 25 heavy (non-hydrogen) atoms. The van der Waals surface area contributed by atoms with E-state index >= 15 is 0 Å². The number of halogens is 2. The third-order valence-corrected chi connectivity index (χ3v) is 5.06. The Labute approximate surface area is 159 Å². The first-order valence-electron chi connectivity index (χ1n) is 7.94. The summed E-state index contributed by atoms with van der Waals surface area (Å²) in [6.45, 7) is 3.93. The van der Waals surface area contributed by atoms with Gasteiger partial charge in [-0.3, -0.25) is 9.59 Å². The summed E-state index contributed by atoms with van der Waals surface area (Å²) in [7, 11) is 0. The van der Waals surface area contributed by atoms with Crippen molar-refractivity contribution in [3.63, 3.8) is 0 Å². The zero-order valence-electron chi connectivity index (χ0n) is 13.9. The SMILES string of the molecule is CC(=O)N1CCc2cc(C(=O)C(C)Oc3ccc(Cl)cc3Br)ccc21. The van der Waals surface area contributed by atoms with Crippen LogP contribution < -0.4 is 9.64 Å². The third kappa shape index (κ3) is 3.72. The van der Waals surface area contributed by atoms with E-state index in [1.54, 1.807) is 43.0 Å². The van der Waals surface area contributed by atoms with Gasteiger partial charge >= 0.3 is 0 Å². The average molecular weight is 423 g/mol. The number of rotatable bonds is 4. The van der Waals surface area contributed by atoms with Gasteiger partial charge in [0.05, 0.1) is 4.47 Å². The molecule has 0 bridgehead atoms. The first-order chi connectivity index (χ1) is 11.9. The van der Waals surface area contributed by atoms with Crippen LogP contribution in [0.4, 0.5) is 5.69 Å². The van der Waals surface area contributed by atoms with Crippen LogP contribution in [0.15, 0.2) is 40.9 Å². The zero-order valence-corrected chi connectivity index (χ0v) is 16.2. The van der Waals surface area contributed by atoms with E-state index in [9.17, 15) is 9.59 Å². The Balaban J connectivity index is 1.78. The van der Waals surface area contributed by atoms with Crippen molar-refractivity contribution in [1.82, 2.24) is 0 Å². The van der Waals surface area contributed by atoms with Crippen molar-refractivity contribution in [3.8, 4) is 5.75 Å². The van der Waals surface area contributed by atoms with Crippen molar-refractivity contribution in [2.24, 2.45) is 0 Å². The molecule has 0 radical (unpaired) electrons. The smallest absolute Gasteiger partial charge is 0.223 e. The predicted molar refractivity (Wildman–Crippen MR) is 102 cm³/mol. The van der Waals surface area contributed by atoms with Crippen molar-refractivity contribution < 1.29 is 14.3 Å². The van der Waals surface area contributed by atoms with Gasteiger partial charge in [0.1, 0.15) is 5.75 Å². The topological polar surface area (TPSA) is 46.6 Å². The fourth-order valence-corrected chi connectivity index (χ4v) is 3.71. The number of hydrogen-bond acceptors (Lipinski definition) is 3. The van der Waals surface area contributed by atoms with Gasteiger partial charge in [0.15, 0.2) is 6.10 Å². The highest BCUT2D eigenvalue weighted by atomic mass is 79.9. The largest absolute Gasteiger partial charge is 0.481 e. The number of ketones is 1. The maximum Gasteiger partial charge on any atom is 0.223 e. The minimum Gasteiger partial charge on any atom is -0.481 e. The molecule has 4 nitrogen and oxygen atoms in total. The highest BCUT2D eigenvalue weighted by molar-refractivity contribution is 9.10. The summed E-state index contributed by atoms with van der Waals surface area (Å²) in [5.41, 5.74) is 2.49. The predicted octanol–water partition coefficient (Wildman–Crippen LogP) is 4.66. The lowest BCUT2D eigenvalue weighted by Gasteiger charge is -2.17. The minimum atomic E-state index is -0.638. The van der Waals surface area contributed by atoms with Crippen LogP contribution in [0, 0.1) is 0 Å². The number of amides is 1.